The molecule has 0 radical (unpaired) electrons. The van der Waals surface area contributed by atoms with Crippen molar-refractivity contribution in [1.29, 1.82) is 0 Å². The van der Waals surface area contributed by atoms with Crippen LogP contribution in [0.1, 0.15) is 26.6 Å². The van der Waals surface area contributed by atoms with Crippen LogP contribution in [-0.2, 0) is 10.3 Å². The minimum absolute atomic E-state index is 0.111. The Morgan fingerprint density at radius 1 is 1.45 bits per heavy atom. The first kappa shape index (κ1) is 15.4. The Bertz CT molecular complexity index is 581. The number of ether oxygens (including phenoxy) is 1. The van der Waals surface area contributed by atoms with Crippen LogP contribution in [-0.4, -0.2) is 22.9 Å². The Labute approximate surface area is 132 Å². The number of rotatable bonds is 5. The highest BCUT2D eigenvalue weighted by Gasteiger charge is 2.28. The third-order valence-corrected chi connectivity index (χ3v) is 3.40. The van der Waals surface area contributed by atoms with Crippen LogP contribution >= 0.6 is 22.6 Å². The number of nitrogens with two attached hydrogens (primary N) is 1. The summed E-state index contributed by atoms with van der Waals surface area (Å²) in [5.41, 5.74) is 6.31. The number of nitrogens with zero attached hydrogens (tertiary/aromatic N) is 2. The zero-order valence-electron chi connectivity index (χ0n) is 11.8. The second-order valence-electron chi connectivity index (χ2n) is 5.21. The third-order valence-electron chi connectivity index (χ3n) is 2.72. The molecule has 20 heavy (non-hydrogen) atoms. The van der Waals surface area contributed by atoms with E-state index < -0.39 is 5.54 Å². The van der Waals surface area contributed by atoms with E-state index in [1.165, 1.54) is 0 Å². The second kappa shape index (κ2) is 6.19. The lowest BCUT2D eigenvalue weighted by Crippen LogP contribution is -2.40. The van der Waals surface area contributed by atoms with Crippen molar-refractivity contribution in [3.05, 3.63) is 33.7 Å². The molecule has 108 valence electrons. The van der Waals surface area contributed by atoms with Crippen LogP contribution in [0.25, 0.3) is 11.5 Å². The van der Waals surface area contributed by atoms with Gasteiger partial charge in [0, 0.05) is 9.13 Å². The quantitative estimate of drug-likeness (QED) is 0.799. The van der Waals surface area contributed by atoms with Crippen LogP contribution in [0.4, 0.5) is 0 Å². The second-order valence-corrected chi connectivity index (χ2v) is 6.46. The van der Waals surface area contributed by atoms with Gasteiger partial charge in [0.2, 0.25) is 0 Å². The summed E-state index contributed by atoms with van der Waals surface area (Å²) >= 11 is 2.24. The largest absolute Gasteiger partial charge is 0.376 e. The number of halogens is 1. The molecule has 0 spiro atoms. The van der Waals surface area contributed by atoms with Gasteiger partial charge in [0.1, 0.15) is 5.54 Å². The Morgan fingerprint density at radius 2 is 2.20 bits per heavy atom. The first-order chi connectivity index (χ1) is 9.38. The van der Waals surface area contributed by atoms with Crippen molar-refractivity contribution < 1.29 is 9.26 Å². The third kappa shape index (κ3) is 3.77. The van der Waals surface area contributed by atoms with Crippen LogP contribution in [0.2, 0.25) is 0 Å². The molecule has 0 aliphatic heterocycles. The molecular weight excluding hydrogens is 369 g/mol. The normalized spacial score (nSPS) is 14.5. The zero-order valence-corrected chi connectivity index (χ0v) is 13.9. The molecule has 2 aromatic rings. The molecule has 6 heteroatoms. The molecule has 0 bridgehead atoms. The van der Waals surface area contributed by atoms with E-state index in [-0.39, 0.29) is 6.10 Å². The maximum absolute atomic E-state index is 6.20. The van der Waals surface area contributed by atoms with Crippen LogP contribution in [0, 0.1) is 3.57 Å². The summed E-state index contributed by atoms with van der Waals surface area (Å²) in [4.78, 5) is 4.39. The standard InChI is InChI=1S/C14H18IN3O2/c1-9(2)19-8-14(3,16)13-17-12(20-18-13)10-5-4-6-11(15)7-10/h4-7,9H,8,16H2,1-3H3. The van der Waals surface area contributed by atoms with Gasteiger partial charge >= 0.3 is 0 Å². The molecule has 0 amide bonds. The Kier molecular flexibility index (Phi) is 4.77. The average Bonchev–Trinajstić information content (AvgIpc) is 2.87. The minimum Gasteiger partial charge on any atom is -0.376 e. The van der Waals surface area contributed by atoms with E-state index in [1.54, 1.807) is 0 Å². The SMILES string of the molecule is CC(C)OCC(C)(N)c1noc(-c2cccc(I)c2)n1. The van der Waals surface area contributed by atoms with Gasteiger partial charge < -0.3 is 15.0 Å². The van der Waals surface area contributed by atoms with Crippen LogP contribution < -0.4 is 5.73 Å². The highest BCUT2D eigenvalue weighted by molar-refractivity contribution is 14.1. The van der Waals surface area contributed by atoms with Gasteiger partial charge in [-0.2, -0.15) is 4.98 Å². The number of aromatic nitrogens is 2. The van der Waals surface area contributed by atoms with Crippen molar-refractivity contribution in [3.8, 4) is 11.5 Å². The number of hydrogen-bond acceptors (Lipinski definition) is 5. The van der Waals surface area contributed by atoms with Gasteiger partial charge in [0.25, 0.3) is 5.89 Å². The molecule has 5 nitrogen and oxygen atoms in total. The number of benzene rings is 1. The molecule has 1 atom stereocenters. The molecule has 1 heterocycles. The maximum atomic E-state index is 6.20. The smallest absolute Gasteiger partial charge is 0.258 e. The first-order valence-electron chi connectivity index (χ1n) is 6.39. The predicted octanol–water partition coefficient (Wildman–Crippen LogP) is 2.94. The van der Waals surface area contributed by atoms with E-state index in [2.05, 4.69) is 32.7 Å². The summed E-state index contributed by atoms with van der Waals surface area (Å²) in [6.45, 7) is 6.10. The molecule has 2 N–H and O–H groups in total. The zero-order chi connectivity index (χ0) is 14.8. The van der Waals surface area contributed by atoms with E-state index in [0.717, 1.165) is 9.13 Å². The monoisotopic (exact) mass is 387 g/mol. The lowest BCUT2D eigenvalue weighted by molar-refractivity contribution is 0.0410. The van der Waals surface area contributed by atoms with E-state index in [9.17, 15) is 0 Å². The van der Waals surface area contributed by atoms with E-state index in [1.807, 2.05) is 45.0 Å². The molecule has 0 saturated carbocycles. The van der Waals surface area contributed by atoms with Gasteiger partial charge in [-0.05, 0) is 61.6 Å². The molecule has 2 rings (SSSR count). The fourth-order valence-corrected chi connectivity index (χ4v) is 2.14. The van der Waals surface area contributed by atoms with Crippen molar-refractivity contribution in [1.82, 2.24) is 10.1 Å². The lowest BCUT2D eigenvalue weighted by atomic mass is 10.1. The maximum Gasteiger partial charge on any atom is 0.258 e. The van der Waals surface area contributed by atoms with Gasteiger partial charge in [0.15, 0.2) is 5.82 Å². The van der Waals surface area contributed by atoms with Crippen molar-refractivity contribution in [2.45, 2.75) is 32.4 Å². The Morgan fingerprint density at radius 3 is 2.85 bits per heavy atom. The van der Waals surface area contributed by atoms with E-state index in [4.69, 9.17) is 15.0 Å². The molecule has 0 fully saturated rings. The summed E-state index contributed by atoms with van der Waals surface area (Å²) in [5.74, 6) is 0.923. The summed E-state index contributed by atoms with van der Waals surface area (Å²) in [6, 6.07) is 7.86. The molecule has 0 saturated heterocycles. The van der Waals surface area contributed by atoms with Gasteiger partial charge in [0.05, 0.1) is 12.7 Å². The summed E-state index contributed by atoms with van der Waals surface area (Å²) in [7, 11) is 0. The van der Waals surface area contributed by atoms with Crippen LogP contribution in [0.15, 0.2) is 28.8 Å². The summed E-state index contributed by atoms with van der Waals surface area (Å²) in [6.07, 6.45) is 0.111. The van der Waals surface area contributed by atoms with Crippen molar-refractivity contribution in [2.24, 2.45) is 5.73 Å². The van der Waals surface area contributed by atoms with Gasteiger partial charge in [-0.25, -0.2) is 0 Å². The molecule has 0 aliphatic rings. The fourth-order valence-electron chi connectivity index (χ4n) is 1.60. The molecule has 0 aliphatic carbocycles. The fraction of sp³-hybridized carbons (Fsp3) is 0.429. The highest BCUT2D eigenvalue weighted by Crippen LogP contribution is 2.23. The molecule has 1 aromatic carbocycles. The summed E-state index contributed by atoms with van der Waals surface area (Å²) < 4.78 is 12.0. The van der Waals surface area contributed by atoms with Crippen molar-refractivity contribution >= 4 is 22.6 Å². The van der Waals surface area contributed by atoms with Crippen molar-refractivity contribution in [2.75, 3.05) is 6.61 Å². The molecule has 1 unspecified atom stereocenters. The summed E-state index contributed by atoms with van der Waals surface area (Å²) in [5, 5.41) is 3.98. The van der Waals surface area contributed by atoms with Crippen LogP contribution in [0.5, 0.6) is 0 Å². The Hall–Kier alpha value is -0.990. The van der Waals surface area contributed by atoms with E-state index in [0.29, 0.717) is 18.3 Å². The predicted molar refractivity (Wildman–Crippen MR) is 85.1 cm³/mol. The first-order valence-corrected chi connectivity index (χ1v) is 7.47. The van der Waals surface area contributed by atoms with Gasteiger partial charge in [-0.1, -0.05) is 11.2 Å². The van der Waals surface area contributed by atoms with Crippen molar-refractivity contribution in [3.63, 3.8) is 0 Å². The lowest BCUT2D eigenvalue weighted by Gasteiger charge is -2.21. The minimum atomic E-state index is -0.770. The Balaban J connectivity index is 2.20. The van der Waals surface area contributed by atoms with Crippen LogP contribution in [0.3, 0.4) is 0 Å². The van der Waals surface area contributed by atoms with E-state index >= 15 is 0 Å². The number of hydrogen-bond donors (Lipinski definition) is 1. The average molecular weight is 387 g/mol. The topological polar surface area (TPSA) is 74.2 Å². The highest BCUT2D eigenvalue weighted by atomic mass is 127. The van der Waals surface area contributed by atoms with Gasteiger partial charge in [-0.15, -0.1) is 0 Å². The molecular formula is C14H18IN3O2. The van der Waals surface area contributed by atoms with Gasteiger partial charge in [-0.3, -0.25) is 0 Å². The molecule has 1 aromatic heterocycles.